The van der Waals surface area contributed by atoms with Gasteiger partial charge < -0.3 is 14.2 Å². The van der Waals surface area contributed by atoms with E-state index in [0.717, 1.165) is 6.42 Å². The van der Waals surface area contributed by atoms with Crippen molar-refractivity contribution in [2.45, 2.75) is 19.6 Å². The average Bonchev–Trinajstić information content (AvgIpc) is 2.43. The fraction of sp³-hybridized carbons (Fsp3) is 0.385. The fourth-order valence-corrected chi connectivity index (χ4v) is 1.76. The molecule has 0 N–H and O–H groups in total. The predicted octanol–water partition coefficient (Wildman–Crippen LogP) is 2.46. The second-order valence-electron chi connectivity index (χ2n) is 4.05. The highest BCUT2D eigenvalue weighted by atomic mass is 16.7. The van der Waals surface area contributed by atoms with Crippen LogP contribution in [0.2, 0.25) is 0 Å². The van der Waals surface area contributed by atoms with Gasteiger partial charge in [0.25, 0.3) is 6.29 Å². The number of nitrogens with zero attached hydrogens (tertiary/aromatic N) is 1. The predicted molar refractivity (Wildman–Crippen MR) is 68.6 cm³/mol. The van der Waals surface area contributed by atoms with Crippen LogP contribution in [0.4, 0.5) is 0 Å². The number of methoxy groups -OCH3 is 1. The van der Waals surface area contributed by atoms with Gasteiger partial charge in [0.2, 0.25) is 0 Å². The lowest BCUT2D eigenvalue weighted by Crippen LogP contribution is -2.30. The summed E-state index contributed by atoms with van der Waals surface area (Å²) in [7, 11) is 1.54. The highest BCUT2D eigenvalue weighted by molar-refractivity contribution is 5.63. The molecule has 1 aliphatic rings. The van der Waals surface area contributed by atoms with Gasteiger partial charge in [-0.25, -0.2) is 0 Å². The number of nitro groups is 1. The molecule has 1 heterocycles. The zero-order valence-corrected chi connectivity index (χ0v) is 10.8. The highest BCUT2D eigenvalue weighted by Crippen LogP contribution is 2.33. The lowest BCUT2D eigenvalue weighted by molar-refractivity contribution is -0.444. The van der Waals surface area contributed by atoms with Crippen LogP contribution in [0.5, 0.6) is 11.5 Å². The summed E-state index contributed by atoms with van der Waals surface area (Å²) in [5.41, 5.74) is 0.511. The Morgan fingerprint density at radius 2 is 2.26 bits per heavy atom. The van der Waals surface area contributed by atoms with E-state index in [1.165, 1.54) is 13.2 Å². The summed E-state index contributed by atoms with van der Waals surface area (Å²) in [4.78, 5) is 10.6. The molecule has 102 valence electrons. The topological polar surface area (TPSA) is 70.8 Å². The highest BCUT2D eigenvalue weighted by Gasteiger charge is 2.32. The number of fused-ring (bicyclic) bond motifs is 1. The molecule has 1 unspecified atom stereocenters. The molecule has 0 bridgehead atoms. The van der Waals surface area contributed by atoms with Crippen LogP contribution in [0.3, 0.4) is 0 Å². The van der Waals surface area contributed by atoms with Crippen LogP contribution in [0, 0.1) is 10.1 Å². The summed E-state index contributed by atoms with van der Waals surface area (Å²) in [6, 6.07) is 5.14. The molecule has 2 rings (SSSR count). The van der Waals surface area contributed by atoms with Gasteiger partial charge in [0.15, 0.2) is 0 Å². The van der Waals surface area contributed by atoms with Gasteiger partial charge in [-0.15, -0.1) is 0 Å². The van der Waals surface area contributed by atoms with Crippen molar-refractivity contribution in [2.24, 2.45) is 0 Å². The lowest BCUT2D eigenvalue weighted by Gasteiger charge is -2.22. The molecular formula is C13H15NO5. The molecule has 0 radical (unpaired) electrons. The SMILES string of the molecule is CCCOC1Oc2ccc(OC)cc2C=C1[N+](=O)[O-]. The van der Waals surface area contributed by atoms with Gasteiger partial charge in [-0.1, -0.05) is 6.92 Å². The Bertz CT molecular complexity index is 512. The van der Waals surface area contributed by atoms with Crippen molar-refractivity contribution in [3.05, 3.63) is 39.6 Å². The van der Waals surface area contributed by atoms with E-state index in [4.69, 9.17) is 14.2 Å². The Morgan fingerprint density at radius 1 is 1.47 bits per heavy atom. The molecule has 19 heavy (non-hydrogen) atoms. The normalized spacial score (nSPS) is 17.2. The van der Waals surface area contributed by atoms with Gasteiger partial charge in [0.05, 0.1) is 18.6 Å². The van der Waals surface area contributed by atoms with E-state index in [1.807, 2.05) is 6.92 Å². The number of rotatable bonds is 5. The first-order valence-corrected chi connectivity index (χ1v) is 5.98. The van der Waals surface area contributed by atoms with Crippen molar-refractivity contribution in [2.75, 3.05) is 13.7 Å². The monoisotopic (exact) mass is 265 g/mol. The number of hydrogen-bond donors (Lipinski definition) is 0. The summed E-state index contributed by atoms with van der Waals surface area (Å²) in [6.07, 6.45) is 1.26. The van der Waals surface area contributed by atoms with Crippen molar-refractivity contribution < 1.29 is 19.1 Å². The third-order valence-electron chi connectivity index (χ3n) is 2.68. The summed E-state index contributed by atoms with van der Waals surface area (Å²) in [5.74, 6) is 1.17. The minimum absolute atomic E-state index is 0.103. The lowest BCUT2D eigenvalue weighted by atomic mass is 10.1. The molecule has 6 heteroatoms. The second kappa shape index (κ2) is 5.71. The van der Waals surface area contributed by atoms with Crippen LogP contribution in [0.15, 0.2) is 23.9 Å². The average molecular weight is 265 g/mol. The maximum Gasteiger partial charge on any atom is 0.315 e. The molecule has 0 saturated carbocycles. The van der Waals surface area contributed by atoms with Crippen LogP contribution in [-0.4, -0.2) is 24.9 Å². The number of hydrogen-bond acceptors (Lipinski definition) is 5. The zero-order valence-electron chi connectivity index (χ0n) is 10.8. The van der Waals surface area contributed by atoms with Crippen molar-refractivity contribution >= 4 is 6.08 Å². The van der Waals surface area contributed by atoms with E-state index in [2.05, 4.69) is 0 Å². The van der Waals surface area contributed by atoms with Crippen LogP contribution in [-0.2, 0) is 4.74 Å². The van der Waals surface area contributed by atoms with Crippen LogP contribution in [0.25, 0.3) is 6.08 Å². The van der Waals surface area contributed by atoms with Gasteiger partial charge in [0, 0.05) is 11.6 Å². The zero-order chi connectivity index (χ0) is 13.8. The van der Waals surface area contributed by atoms with Crippen molar-refractivity contribution in [3.63, 3.8) is 0 Å². The van der Waals surface area contributed by atoms with Crippen LogP contribution in [0.1, 0.15) is 18.9 Å². The molecule has 0 spiro atoms. The Morgan fingerprint density at radius 3 is 2.89 bits per heavy atom. The Balaban J connectivity index is 2.33. The summed E-state index contributed by atoms with van der Waals surface area (Å²) >= 11 is 0. The van der Waals surface area contributed by atoms with Crippen molar-refractivity contribution in [3.8, 4) is 11.5 Å². The van der Waals surface area contributed by atoms with Crippen molar-refractivity contribution in [1.29, 1.82) is 0 Å². The number of benzene rings is 1. The third kappa shape index (κ3) is 2.85. The third-order valence-corrected chi connectivity index (χ3v) is 2.68. The maximum atomic E-state index is 11.0. The molecule has 0 amide bonds. The van der Waals surface area contributed by atoms with E-state index in [9.17, 15) is 10.1 Å². The summed E-state index contributed by atoms with van der Waals surface area (Å²) in [5, 5.41) is 11.0. The van der Waals surface area contributed by atoms with Gasteiger partial charge in [-0.2, -0.15) is 0 Å². The minimum atomic E-state index is -0.962. The summed E-state index contributed by atoms with van der Waals surface area (Å²) < 4.78 is 16.0. The molecule has 0 fully saturated rings. The van der Waals surface area contributed by atoms with Crippen LogP contribution >= 0.6 is 0 Å². The van der Waals surface area contributed by atoms with Gasteiger partial charge in [-0.3, -0.25) is 10.1 Å². The molecule has 0 aliphatic carbocycles. The van der Waals surface area contributed by atoms with E-state index in [0.29, 0.717) is 23.7 Å². The summed E-state index contributed by atoms with van der Waals surface area (Å²) in [6.45, 7) is 2.33. The first-order chi connectivity index (χ1) is 9.15. The molecule has 0 saturated heterocycles. The molecule has 6 nitrogen and oxygen atoms in total. The Kier molecular flexibility index (Phi) is 4.01. The first kappa shape index (κ1) is 13.4. The molecule has 1 aromatic rings. The van der Waals surface area contributed by atoms with Gasteiger partial charge in [0.1, 0.15) is 11.5 Å². The molecule has 1 atom stereocenters. The Hall–Kier alpha value is -2.08. The van der Waals surface area contributed by atoms with E-state index in [-0.39, 0.29) is 5.70 Å². The minimum Gasteiger partial charge on any atom is -0.497 e. The fourth-order valence-electron chi connectivity index (χ4n) is 1.76. The van der Waals surface area contributed by atoms with E-state index in [1.54, 1.807) is 18.2 Å². The quantitative estimate of drug-likeness (QED) is 0.604. The number of ether oxygens (including phenoxy) is 3. The largest absolute Gasteiger partial charge is 0.497 e. The van der Waals surface area contributed by atoms with E-state index < -0.39 is 11.2 Å². The first-order valence-electron chi connectivity index (χ1n) is 5.98. The maximum absolute atomic E-state index is 11.0. The van der Waals surface area contributed by atoms with Crippen LogP contribution < -0.4 is 9.47 Å². The molecule has 0 aromatic heterocycles. The van der Waals surface area contributed by atoms with Crippen molar-refractivity contribution in [1.82, 2.24) is 0 Å². The standard InChI is InChI=1S/C13H15NO5/c1-3-6-18-13-11(14(15)16)8-9-7-10(17-2)4-5-12(9)19-13/h4-5,7-8,13H,3,6H2,1-2H3. The van der Waals surface area contributed by atoms with E-state index >= 15 is 0 Å². The molecule has 1 aromatic carbocycles. The Labute approximate surface area is 110 Å². The van der Waals surface area contributed by atoms with Gasteiger partial charge >= 0.3 is 5.70 Å². The molecule has 1 aliphatic heterocycles. The smallest absolute Gasteiger partial charge is 0.315 e. The second-order valence-corrected chi connectivity index (χ2v) is 4.05. The van der Waals surface area contributed by atoms with Gasteiger partial charge in [-0.05, 0) is 24.6 Å². The molecular weight excluding hydrogens is 250 g/mol.